The van der Waals surface area contributed by atoms with Crippen molar-refractivity contribution in [3.8, 4) is 11.1 Å². The number of carbonyl (C=O) groups is 1. The van der Waals surface area contributed by atoms with Gasteiger partial charge in [-0.15, -0.1) is 0 Å². The van der Waals surface area contributed by atoms with Crippen LogP contribution >= 0.6 is 0 Å². The Morgan fingerprint density at radius 2 is 1.54 bits per heavy atom. The molecule has 0 aliphatic rings. The van der Waals surface area contributed by atoms with Gasteiger partial charge in [0.05, 0.1) is 10.6 Å². The fraction of sp³-hybridized carbons (Fsp3) is 0. The fourth-order valence-electron chi connectivity index (χ4n) is 2.46. The molecule has 0 fully saturated rings. The number of sulfonamides is 1. The summed E-state index contributed by atoms with van der Waals surface area (Å²) in [4.78, 5) is 14.0. The fourth-order valence-corrected chi connectivity index (χ4v) is 3.50. The highest BCUT2D eigenvalue weighted by atomic mass is 32.2. The molecule has 144 valence electrons. The van der Waals surface area contributed by atoms with Crippen LogP contribution in [-0.4, -0.2) is 24.5 Å². The zero-order valence-corrected chi connectivity index (χ0v) is 14.7. The predicted molar refractivity (Wildman–Crippen MR) is 93.8 cm³/mol. The molecule has 6 nitrogen and oxygen atoms in total. The summed E-state index contributed by atoms with van der Waals surface area (Å²) in [6.45, 7) is 0. The van der Waals surface area contributed by atoms with E-state index >= 15 is 0 Å². The Labute approximate surface area is 157 Å². The Morgan fingerprint density at radius 1 is 0.929 bits per heavy atom. The summed E-state index contributed by atoms with van der Waals surface area (Å²) >= 11 is 0. The molecule has 2 N–H and O–H groups in total. The van der Waals surface area contributed by atoms with Gasteiger partial charge in [-0.3, -0.25) is 4.72 Å². The summed E-state index contributed by atoms with van der Waals surface area (Å²) in [5.74, 6) is -5.34. The second-order valence-electron chi connectivity index (χ2n) is 5.62. The molecule has 0 atom stereocenters. The van der Waals surface area contributed by atoms with Gasteiger partial charge in [-0.25, -0.2) is 27.0 Å². The Morgan fingerprint density at radius 3 is 2.07 bits per heavy atom. The number of hydrogen-bond donors (Lipinski definition) is 2. The molecule has 0 aliphatic heterocycles. The van der Waals surface area contributed by atoms with Crippen LogP contribution in [0.15, 0.2) is 59.6 Å². The van der Waals surface area contributed by atoms with Crippen molar-refractivity contribution in [2.45, 2.75) is 4.90 Å². The second kappa shape index (κ2) is 7.31. The summed E-state index contributed by atoms with van der Waals surface area (Å²) < 4.78 is 67.4. The molecule has 0 aliphatic carbocycles. The van der Waals surface area contributed by atoms with E-state index in [1.165, 1.54) is 36.5 Å². The van der Waals surface area contributed by atoms with Gasteiger partial charge in [0.1, 0.15) is 17.2 Å². The molecule has 0 saturated carbocycles. The van der Waals surface area contributed by atoms with Crippen molar-refractivity contribution in [1.82, 2.24) is 4.98 Å². The summed E-state index contributed by atoms with van der Waals surface area (Å²) in [5.41, 5.74) is -0.641. The molecule has 0 amide bonds. The van der Waals surface area contributed by atoms with Gasteiger partial charge in [0, 0.05) is 12.3 Å². The highest BCUT2D eigenvalue weighted by Crippen LogP contribution is 2.24. The number of carboxylic acids is 1. The van der Waals surface area contributed by atoms with E-state index in [9.17, 15) is 26.4 Å². The van der Waals surface area contributed by atoms with Crippen LogP contribution in [0.1, 0.15) is 10.4 Å². The van der Waals surface area contributed by atoms with Crippen LogP contribution < -0.4 is 4.72 Å². The molecular formula is C18H11F3N2O4S. The Balaban J connectivity index is 1.88. The normalized spacial score (nSPS) is 11.2. The molecule has 28 heavy (non-hydrogen) atoms. The lowest BCUT2D eigenvalue weighted by Crippen LogP contribution is -2.14. The first-order valence-corrected chi connectivity index (χ1v) is 9.13. The average molecular weight is 408 g/mol. The van der Waals surface area contributed by atoms with Gasteiger partial charge < -0.3 is 5.11 Å². The van der Waals surface area contributed by atoms with Gasteiger partial charge in [0.15, 0.2) is 0 Å². The van der Waals surface area contributed by atoms with E-state index in [0.717, 1.165) is 0 Å². The predicted octanol–water partition coefficient (Wildman–Crippen LogP) is 3.66. The zero-order valence-electron chi connectivity index (χ0n) is 13.9. The largest absolute Gasteiger partial charge is 0.477 e. The zero-order chi connectivity index (χ0) is 20.5. The van der Waals surface area contributed by atoms with Crippen molar-refractivity contribution >= 4 is 21.7 Å². The van der Waals surface area contributed by atoms with Crippen LogP contribution in [0.4, 0.5) is 18.9 Å². The maximum atomic E-state index is 13.7. The molecule has 0 radical (unpaired) electrons. The molecule has 0 saturated heterocycles. The lowest BCUT2D eigenvalue weighted by Gasteiger charge is -2.10. The summed E-state index contributed by atoms with van der Waals surface area (Å²) in [5, 5.41) is 8.74. The van der Waals surface area contributed by atoms with E-state index in [-0.39, 0.29) is 4.90 Å². The van der Waals surface area contributed by atoms with Crippen LogP contribution in [0.3, 0.4) is 0 Å². The Kier molecular flexibility index (Phi) is 5.06. The van der Waals surface area contributed by atoms with Crippen molar-refractivity contribution in [2.24, 2.45) is 0 Å². The maximum absolute atomic E-state index is 13.7. The molecular weight excluding hydrogens is 397 g/mol. The van der Waals surface area contributed by atoms with Crippen LogP contribution in [0.25, 0.3) is 11.1 Å². The molecule has 10 heteroatoms. The minimum atomic E-state index is -4.20. The first-order chi connectivity index (χ1) is 13.2. The third-order valence-corrected chi connectivity index (χ3v) is 5.13. The van der Waals surface area contributed by atoms with Crippen molar-refractivity contribution in [1.29, 1.82) is 0 Å². The van der Waals surface area contributed by atoms with Crippen molar-refractivity contribution in [3.63, 3.8) is 0 Å². The molecule has 1 heterocycles. The minimum Gasteiger partial charge on any atom is -0.477 e. The Bertz CT molecular complexity index is 1140. The van der Waals surface area contributed by atoms with E-state index in [4.69, 9.17) is 5.11 Å². The second-order valence-corrected chi connectivity index (χ2v) is 7.30. The van der Waals surface area contributed by atoms with E-state index in [1.807, 2.05) is 4.72 Å². The van der Waals surface area contributed by atoms with E-state index in [2.05, 4.69) is 4.98 Å². The van der Waals surface area contributed by atoms with Gasteiger partial charge in [-0.1, -0.05) is 12.1 Å². The van der Waals surface area contributed by atoms with Crippen LogP contribution in [0.5, 0.6) is 0 Å². The molecule has 0 spiro atoms. The highest BCUT2D eigenvalue weighted by molar-refractivity contribution is 7.92. The summed E-state index contributed by atoms with van der Waals surface area (Å²) in [6.07, 6.45) is 1.26. The number of rotatable bonds is 5. The van der Waals surface area contributed by atoms with Gasteiger partial charge in [0.25, 0.3) is 10.0 Å². The number of aromatic carboxylic acids is 1. The summed E-state index contributed by atoms with van der Waals surface area (Å²) in [7, 11) is -4.20. The van der Waals surface area contributed by atoms with Crippen LogP contribution in [-0.2, 0) is 10.0 Å². The van der Waals surface area contributed by atoms with Gasteiger partial charge in [-0.05, 0) is 41.5 Å². The van der Waals surface area contributed by atoms with E-state index < -0.39 is 44.8 Å². The molecule has 1 aromatic heterocycles. The van der Waals surface area contributed by atoms with E-state index in [0.29, 0.717) is 23.3 Å². The number of aromatic nitrogens is 1. The average Bonchev–Trinajstić information content (AvgIpc) is 2.60. The molecule has 0 bridgehead atoms. The van der Waals surface area contributed by atoms with Crippen LogP contribution in [0, 0.1) is 17.6 Å². The van der Waals surface area contributed by atoms with Crippen molar-refractivity contribution in [2.75, 3.05) is 4.72 Å². The third kappa shape index (κ3) is 3.96. The smallest absolute Gasteiger partial charge is 0.341 e. The first-order valence-electron chi connectivity index (χ1n) is 7.64. The number of benzene rings is 2. The molecule has 3 aromatic rings. The molecule has 3 rings (SSSR count). The SMILES string of the molecule is O=C(O)c1c(F)cc(NS(=O)(=O)c2ccc(-c3ccnc(F)c3)cc2)cc1F. The number of anilines is 1. The first kappa shape index (κ1) is 19.4. The molecule has 0 unspecified atom stereocenters. The van der Waals surface area contributed by atoms with Gasteiger partial charge in [-0.2, -0.15) is 4.39 Å². The topological polar surface area (TPSA) is 96.4 Å². The monoisotopic (exact) mass is 408 g/mol. The summed E-state index contributed by atoms with van der Waals surface area (Å²) in [6, 6.07) is 9.17. The van der Waals surface area contributed by atoms with Crippen molar-refractivity contribution in [3.05, 3.63) is 77.9 Å². The standard InChI is InChI=1S/C18H11F3N2O4S/c19-14-8-12(9-15(20)17(14)18(24)25)23-28(26,27)13-3-1-10(2-4-13)11-5-6-22-16(21)7-11/h1-9,23H,(H,24,25). The van der Waals surface area contributed by atoms with Gasteiger partial charge >= 0.3 is 5.97 Å². The number of halogens is 3. The number of nitrogens with one attached hydrogen (secondary N) is 1. The van der Waals surface area contributed by atoms with Crippen LogP contribution in [0.2, 0.25) is 0 Å². The highest BCUT2D eigenvalue weighted by Gasteiger charge is 2.21. The van der Waals surface area contributed by atoms with Crippen molar-refractivity contribution < 1.29 is 31.5 Å². The van der Waals surface area contributed by atoms with Gasteiger partial charge in [0.2, 0.25) is 5.95 Å². The molecule has 2 aromatic carbocycles. The lowest BCUT2D eigenvalue weighted by atomic mass is 10.1. The number of hydrogen-bond acceptors (Lipinski definition) is 4. The van der Waals surface area contributed by atoms with E-state index in [1.54, 1.807) is 6.07 Å². The lowest BCUT2D eigenvalue weighted by molar-refractivity contribution is 0.0686. The Hall–Kier alpha value is -3.40. The third-order valence-electron chi connectivity index (χ3n) is 3.73. The number of nitrogens with zero attached hydrogens (tertiary/aromatic N) is 1. The number of carboxylic acid groups (broad SMARTS) is 1. The quantitative estimate of drug-likeness (QED) is 0.628. The maximum Gasteiger partial charge on any atom is 0.341 e. The number of pyridine rings is 1. The minimum absolute atomic E-state index is 0.214.